The largest absolute Gasteiger partial charge is 0.349 e. The smallest absolute Gasteiger partial charge is 0.238 e. The molecular formula is C18H17BrN2O2S. The fourth-order valence-corrected chi connectivity index (χ4v) is 4.34. The summed E-state index contributed by atoms with van der Waals surface area (Å²) in [5.41, 5.74) is 1.82. The molecule has 24 heavy (non-hydrogen) atoms. The van der Waals surface area contributed by atoms with Crippen molar-refractivity contribution in [1.82, 2.24) is 5.32 Å². The maximum absolute atomic E-state index is 12.3. The number of hydrogen-bond donors (Lipinski definition) is 2. The second kappa shape index (κ2) is 7.40. The highest BCUT2D eigenvalue weighted by Crippen LogP contribution is 2.36. The Morgan fingerprint density at radius 3 is 2.75 bits per heavy atom. The van der Waals surface area contributed by atoms with Crippen LogP contribution in [0.5, 0.6) is 0 Å². The first-order valence-electron chi connectivity index (χ1n) is 7.65. The number of fused-ring (bicyclic) bond motifs is 1. The molecule has 0 aromatic heterocycles. The quantitative estimate of drug-likeness (QED) is 0.804. The minimum Gasteiger partial charge on any atom is -0.349 e. The van der Waals surface area contributed by atoms with E-state index in [9.17, 15) is 9.59 Å². The topological polar surface area (TPSA) is 58.2 Å². The molecule has 2 N–H and O–H groups in total. The summed E-state index contributed by atoms with van der Waals surface area (Å²) in [6.45, 7) is 1.93. The van der Waals surface area contributed by atoms with Gasteiger partial charge in [-0.05, 0) is 30.7 Å². The van der Waals surface area contributed by atoms with Gasteiger partial charge in [-0.3, -0.25) is 9.59 Å². The lowest BCUT2D eigenvalue weighted by Gasteiger charge is -2.24. The predicted molar refractivity (Wildman–Crippen MR) is 100 cm³/mol. The van der Waals surface area contributed by atoms with Crippen molar-refractivity contribution in [2.75, 3.05) is 5.32 Å². The van der Waals surface area contributed by atoms with Crippen LogP contribution in [0.3, 0.4) is 0 Å². The van der Waals surface area contributed by atoms with Crippen molar-refractivity contribution in [2.45, 2.75) is 29.5 Å². The number of halogens is 1. The molecule has 1 aliphatic rings. The monoisotopic (exact) mass is 404 g/mol. The summed E-state index contributed by atoms with van der Waals surface area (Å²) in [6.07, 6.45) is 0.152. The Morgan fingerprint density at radius 1 is 1.25 bits per heavy atom. The third-order valence-electron chi connectivity index (χ3n) is 3.83. The number of nitrogens with one attached hydrogen (secondary N) is 2. The Balaban J connectivity index is 1.63. The normalized spacial score (nSPS) is 17.6. The molecule has 2 amide bonds. The Hall–Kier alpha value is -1.79. The fourth-order valence-electron chi connectivity index (χ4n) is 2.60. The van der Waals surface area contributed by atoms with E-state index >= 15 is 0 Å². The van der Waals surface area contributed by atoms with Gasteiger partial charge in [-0.15, -0.1) is 11.8 Å². The molecule has 0 spiro atoms. The van der Waals surface area contributed by atoms with Gasteiger partial charge in [-0.1, -0.05) is 46.3 Å². The van der Waals surface area contributed by atoms with Crippen molar-refractivity contribution >= 4 is 45.2 Å². The van der Waals surface area contributed by atoms with Crippen LogP contribution in [0.15, 0.2) is 57.9 Å². The van der Waals surface area contributed by atoms with Crippen LogP contribution in [0, 0.1) is 0 Å². The molecule has 0 saturated heterocycles. The Bertz CT molecular complexity index is 781. The van der Waals surface area contributed by atoms with Gasteiger partial charge in [0.25, 0.3) is 0 Å². The molecule has 2 aromatic rings. The van der Waals surface area contributed by atoms with Gasteiger partial charge < -0.3 is 10.6 Å². The maximum atomic E-state index is 12.3. The molecule has 0 fully saturated rings. The number of rotatable bonds is 4. The van der Waals surface area contributed by atoms with Gasteiger partial charge in [-0.2, -0.15) is 0 Å². The Kier molecular flexibility index (Phi) is 5.26. The molecule has 1 aliphatic heterocycles. The van der Waals surface area contributed by atoms with Crippen LogP contribution in [-0.4, -0.2) is 17.1 Å². The highest BCUT2D eigenvalue weighted by molar-refractivity contribution is 9.10. The number of carbonyl (C=O) groups is 2. The van der Waals surface area contributed by atoms with Crippen LogP contribution in [-0.2, 0) is 9.59 Å². The van der Waals surface area contributed by atoms with Crippen molar-refractivity contribution < 1.29 is 9.59 Å². The summed E-state index contributed by atoms with van der Waals surface area (Å²) < 4.78 is 0.955. The molecule has 0 bridgehead atoms. The van der Waals surface area contributed by atoms with Crippen LogP contribution in [0.25, 0.3) is 0 Å². The fraction of sp³-hybridized carbons (Fsp3) is 0.222. The number of benzene rings is 2. The molecule has 0 aliphatic carbocycles. The van der Waals surface area contributed by atoms with Crippen LogP contribution in [0.1, 0.15) is 24.9 Å². The molecule has 124 valence electrons. The van der Waals surface area contributed by atoms with E-state index in [2.05, 4.69) is 26.6 Å². The van der Waals surface area contributed by atoms with Gasteiger partial charge in [0, 0.05) is 15.8 Å². The zero-order valence-corrected chi connectivity index (χ0v) is 15.5. The number of hydrogen-bond acceptors (Lipinski definition) is 3. The third-order valence-corrected chi connectivity index (χ3v) is 5.82. The van der Waals surface area contributed by atoms with Crippen LogP contribution < -0.4 is 10.6 Å². The maximum Gasteiger partial charge on any atom is 0.238 e. The van der Waals surface area contributed by atoms with E-state index in [0.29, 0.717) is 0 Å². The highest BCUT2D eigenvalue weighted by Gasteiger charge is 2.29. The standard InChI is InChI=1S/C18H17BrN2O2S/c1-11(12-6-2-3-7-13(12)19)20-17(22)10-16-18(23)21-14-8-4-5-9-15(14)24-16/h2-9,11,16H,10H2,1H3,(H,20,22)(H,21,23)/t11-,16+/m0/s1. The van der Waals surface area contributed by atoms with Gasteiger partial charge in [0.05, 0.1) is 17.0 Å². The molecule has 2 aromatic carbocycles. The number of anilines is 1. The van der Waals surface area contributed by atoms with E-state index in [4.69, 9.17) is 0 Å². The molecule has 0 radical (unpaired) electrons. The molecule has 1 heterocycles. The lowest BCUT2D eigenvalue weighted by atomic mass is 10.1. The average Bonchev–Trinajstić information content (AvgIpc) is 2.55. The van der Waals surface area contributed by atoms with Gasteiger partial charge in [0.15, 0.2) is 0 Å². The van der Waals surface area contributed by atoms with Gasteiger partial charge in [-0.25, -0.2) is 0 Å². The number of para-hydroxylation sites is 1. The van der Waals surface area contributed by atoms with E-state index in [-0.39, 0.29) is 24.3 Å². The van der Waals surface area contributed by atoms with Crippen molar-refractivity contribution in [1.29, 1.82) is 0 Å². The van der Waals surface area contributed by atoms with Gasteiger partial charge >= 0.3 is 0 Å². The van der Waals surface area contributed by atoms with E-state index in [0.717, 1.165) is 20.6 Å². The summed E-state index contributed by atoms with van der Waals surface area (Å²) >= 11 is 4.93. The van der Waals surface area contributed by atoms with Crippen molar-refractivity contribution in [2.24, 2.45) is 0 Å². The van der Waals surface area contributed by atoms with Crippen LogP contribution >= 0.6 is 27.7 Å². The van der Waals surface area contributed by atoms with Crippen molar-refractivity contribution in [3.05, 3.63) is 58.6 Å². The van der Waals surface area contributed by atoms with Crippen molar-refractivity contribution in [3.63, 3.8) is 0 Å². The minimum atomic E-state index is -0.411. The first kappa shape index (κ1) is 17.0. The predicted octanol–water partition coefficient (Wildman–Crippen LogP) is 4.13. The van der Waals surface area contributed by atoms with E-state index < -0.39 is 5.25 Å². The molecule has 3 rings (SSSR count). The van der Waals surface area contributed by atoms with Gasteiger partial charge in [0.1, 0.15) is 0 Å². The van der Waals surface area contributed by atoms with Crippen LogP contribution in [0.2, 0.25) is 0 Å². The molecule has 0 unspecified atom stereocenters. The first-order valence-corrected chi connectivity index (χ1v) is 9.32. The summed E-state index contributed by atoms with van der Waals surface area (Å²) in [4.78, 5) is 25.5. The number of carbonyl (C=O) groups excluding carboxylic acids is 2. The average molecular weight is 405 g/mol. The Labute approximate surface area is 153 Å². The number of thioether (sulfide) groups is 1. The summed E-state index contributed by atoms with van der Waals surface area (Å²) in [5.74, 6) is -0.257. The third kappa shape index (κ3) is 3.82. The first-order chi connectivity index (χ1) is 11.5. The summed E-state index contributed by atoms with van der Waals surface area (Å²) in [5, 5.41) is 5.42. The van der Waals surface area contributed by atoms with E-state index in [1.807, 2.05) is 55.5 Å². The van der Waals surface area contributed by atoms with E-state index in [1.165, 1.54) is 11.8 Å². The van der Waals surface area contributed by atoms with Gasteiger partial charge in [0.2, 0.25) is 11.8 Å². The lowest BCUT2D eigenvalue weighted by molar-refractivity contribution is -0.124. The SMILES string of the molecule is C[C@H](NC(=O)C[C@H]1Sc2ccccc2NC1=O)c1ccccc1Br. The second-order valence-electron chi connectivity index (χ2n) is 5.61. The summed E-state index contributed by atoms with van der Waals surface area (Å²) in [6, 6.07) is 15.3. The number of amides is 2. The minimum absolute atomic E-state index is 0.123. The van der Waals surface area contributed by atoms with E-state index in [1.54, 1.807) is 0 Å². The molecule has 2 atom stereocenters. The highest BCUT2D eigenvalue weighted by atomic mass is 79.9. The lowest BCUT2D eigenvalue weighted by Crippen LogP contribution is -2.35. The second-order valence-corrected chi connectivity index (χ2v) is 7.71. The summed E-state index contributed by atoms with van der Waals surface area (Å²) in [7, 11) is 0. The Morgan fingerprint density at radius 2 is 1.96 bits per heavy atom. The molecule has 0 saturated carbocycles. The zero-order chi connectivity index (χ0) is 17.1. The van der Waals surface area contributed by atoms with Crippen molar-refractivity contribution in [3.8, 4) is 0 Å². The molecule has 4 nitrogen and oxygen atoms in total. The molecular weight excluding hydrogens is 388 g/mol. The zero-order valence-electron chi connectivity index (χ0n) is 13.1. The molecule has 6 heteroatoms. The van der Waals surface area contributed by atoms with Crippen LogP contribution in [0.4, 0.5) is 5.69 Å².